The van der Waals surface area contributed by atoms with Crippen molar-refractivity contribution < 1.29 is 42.1 Å². The lowest BCUT2D eigenvalue weighted by atomic mass is 9.96. The van der Waals surface area contributed by atoms with Crippen LogP contribution in [0.15, 0.2) is 30.3 Å². The highest BCUT2D eigenvalue weighted by molar-refractivity contribution is 6.31. The van der Waals surface area contributed by atoms with Gasteiger partial charge in [-0.15, -0.1) is 0 Å². The Labute approximate surface area is 179 Å². The predicted molar refractivity (Wildman–Crippen MR) is 104 cm³/mol. The third-order valence-corrected chi connectivity index (χ3v) is 4.97. The van der Waals surface area contributed by atoms with Gasteiger partial charge in [-0.3, -0.25) is 9.59 Å². The highest BCUT2D eigenvalue weighted by atomic mass is 35.5. The zero-order valence-corrected chi connectivity index (χ0v) is 17.0. The van der Waals surface area contributed by atoms with Crippen LogP contribution in [0.3, 0.4) is 0 Å². The molecule has 7 nitrogen and oxygen atoms in total. The number of carbonyl (C=O) groups is 2. The minimum atomic E-state index is -4.77. The van der Waals surface area contributed by atoms with Gasteiger partial charge in [0, 0.05) is 16.8 Å². The summed E-state index contributed by atoms with van der Waals surface area (Å²) in [4.78, 5) is 23.8. The number of anilines is 1. The summed E-state index contributed by atoms with van der Waals surface area (Å²) in [5, 5.41) is 10.9. The highest BCUT2D eigenvalue weighted by Crippen LogP contribution is 2.46. The SMILES string of the molecule is COc1cccc([C@@H]2O[C@@H](CC(=O)O)C(=O)Nc3cc(C(F)(F)F)c(Cl)cc32)c1OC. The molecule has 31 heavy (non-hydrogen) atoms. The summed E-state index contributed by atoms with van der Waals surface area (Å²) in [6.45, 7) is 0. The number of para-hydroxylation sites is 1. The number of ether oxygens (including phenoxy) is 3. The molecule has 2 N–H and O–H groups in total. The number of carbonyl (C=O) groups excluding carboxylic acids is 1. The average Bonchev–Trinajstić information content (AvgIpc) is 2.82. The lowest BCUT2D eigenvalue weighted by Crippen LogP contribution is -2.31. The van der Waals surface area contributed by atoms with Crippen LogP contribution in [-0.4, -0.2) is 37.3 Å². The fraction of sp³-hybridized carbons (Fsp3) is 0.300. The van der Waals surface area contributed by atoms with Crippen molar-refractivity contribution in [1.82, 2.24) is 0 Å². The smallest absolute Gasteiger partial charge is 0.417 e. The number of alkyl halides is 3. The molecular formula is C20H17ClF3NO6. The van der Waals surface area contributed by atoms with Crippen LogP contribution in [0.2, 0.25) is 5.02 Å². The van der Waals surface area contributed by atoms with Crippen LogP contribution in [0.5, 0.6) is 11.5 Å². The zero-order chi connectivity index (χ0) is 22.9. The fourth-order valence-electron chi connectivity index (χ4n) is 3.30. The third kappa shape index (κ3) is 4.54. The number of benzene rings is 2. The second kappa shape index (κ2) is 8.64. The van der Waals surface area contributed by atoms with Crippen LogP contribution in [0.25, 0.3) is 0 Å². The van der Waals surface area contributed by atoms with Crippen molar-refractivity contribution in [2.75, 3.05) is 19.5 Å². The number of hydrogen-bond donors (Lipinski definition) is 2. The first-order valence-electron chi connectivity index (χ1n) is 8.86. The molecule has 0 spiro atoms. The number of aliphatic carboxylic acids is 1. The van der Waals surface area contributed by atoms with Crippen LogP contribution < -0.4 is 14.8 Å². The van der Waals surface area contributed by atoms with Crippen molar-refractivity contribution in [3.63, 3.8) is 0 Å². The molecule has 0 saturated carbocycles. The van der Waals surface area contributed by atoms with E-state index >= 15 is 0 Å². The molecule has 0 unspecified atom stereocenters. The van der Waals surface area contributed by atoms with E-state index in [0.29, 0.717) is 17.4 Å². The van der Waals surface area contributed by atoms with Gasteiger partial charge in [0.25, 0.3) is 5.91 Å². The molecule has 166 valence electrons. The third-order valence-electron chi connectivity index (χ3n) is 4.65. The molecule has 1 aliphatic heterocycles. The van der Waals surface area contributed by atoms with Crippen LogP contribution in [-0.2, 0) is 20.5 Å². The Bertz CT molecular complexity index is 1030. The van der Waals surface area contributed by atoms with Crippen molar-refractivity contribution in [1.29, 1.82) is 0 Å². The largest absolute Gasteiger partial charge is 0.493 e. The second-order valence-electron chi connectivity index (χ2n) is 6.59. The molecule has 0 saturated heterocycles. The number of fused-ring (bicyclic) bond motifs is 1. The summed E-state index contributed by atoms with van der Waals surface area (Å²) in [5.41, 5.74) is -0.942. The van der Waals surface area contributed by atoms with Gasteiger partial charge in [-0.05, 0) is 18.2 Å². The molecule has 0 bridgehead atoms. The van der Waals surface area contributed by atoms with Gasteiger partial charge in [-0.2, -0.15) is 13.2 Å². The van der Waals surface area contributed by atoms with E-state index in [1.807, 2.05) is 0 Å². The predicted octanol–water partition coefficient (Wildman–Crippen LogP) is 4.28. The molecule has 2 atom stereocenters. The highest BCUT2D eigenvalue weighted by Gasteiger charge is 2.39. The Morgan fingerprint density at radius 1 is 1.23 bits per heavy atom. The van der Waals surface area contributed by atoms with E-state index in [-0.39, 0.29) is 17.0 Å². The molecule has 1 heterocycles. The number of rotatable bonds is 5. The first kappa shape index (κ1) is 22.7. The maximum Gasteiger partial charge on any atom is 0.417 e. The fourth-order valence-corrected chi connectivity index (χ4v) is 3.58. The van der Waals surface area contributed by atoms with Crippen molar-refractivity contribution in [3.05, 3.63) is 52.0 Å². The Kier molecular flexibility index (Phi) is 6.33. The van der Waals surface area contributed by atoms with Gasteiger partial charge in [-0.1, -0.05) is 23.7 Å². The summed E-state index contributed by atoms with van der Waals surface area (Å²) < 4.78 is 56.5. The number of halogens is 4. The zero-order valence-electron chi connectivity index (χ0n) is 16.2. The molecule has 11 heteroatoms. The van der Waals surface area contributed by atoms with E-state index in [1.54, 1.807) is 18.2 Å². The van der Waals surface area contributed by atoms with Crippen LogP contribution in [0.1, 0.15) is 29.2 Å². The minimum absolute atomic E-state index is 0.103. The number of hydrogen-bond acceptors (Lipinski definition) is 5. The maximum atomic E-state index is 13.4. The van der Waals surface area contributed by atoms with Crippen LogP contribution >= 0.6 is 11.6 Å². The Hall–Kier alpha value is -2.98. The number of nitrogens with one attached hydrogen (secondary N) is 1. The number of carboxylic acid groups (broad SMARTS) is 1. The molecule has 2 aromatic carbocycles. The molecule has 0 aliphatic carbocycles. The number of amides is 1. The normalized spacial score (nSPS) is 18.6. The Morgan fingerprint density at radius 2 is 1.94 bits per heavy atom. The molecule has 1 aliphatic rings. The first-order valence-corrected chi connectivity index (χ1v) is 9.24. The van der Waals surface area contributed by atoms with Gasteiger partial charge in [0.1, 0.15) is 12.2 Å². The van der Waals surface area contributed by atoms with E-state index in [9.17, 15) is 22.8 Å². The van der Waals surface area contributed by atoms with Crippen molar-refractivity contribution in [2.24, 2.45) is 0 Å². The maximum absolute atomic E-state index is 13.4. The topological polar surface area (TPSA) is 94.1 Å². The number of methoxy groups -OCH3 is 2. The Morgan fingerprint density at radius 3 is 2.52 bits per heavy atom. The van der Waals surface area contributed by atoms with Crippen molar-refractivity contribution in [3.8, 4) is 11.5 Å². The van der Waals surface area contributed by atoms with E-state index in [0.717, 1.165) is 6.07 Å². The second-order valence-corrected chi connectivity index (χ2v) is 7.00. The summed E-state index contributed by atoms with van der Waals surface area (Å²) in [5.74, 6) is -1.71. The van der Waals surface area contributed by atoms with Gasteiger partial charge in [-0.25, -0.2) is 0 Å². The molecule has 0 fully saturated rings. The molecule has 0 aromatic heterocycles. The molecule has 0 radical (unpaired) electrons. The van der Waals surface area contributed by atoms with Gasteiger partial charge in [0.2, 0.25) is 0 Å². The van der Waals surface area contributed by atoms with Crippen LogP contribution in [0.4, 0.5) is 18.9 Å². The lowest BCUT2D eigenvalue weighted by molar-refractivity contribution is -0.146. The molecule has 2 aromatic rings. The first-order chi connectivity index (χ1) is 14.6. The summed E-state index contributed by atoms with van der Waals surface area (Å²) >= 11 is 5.90. The van der Waals surface area contributed by atoms with E-state index < -0.39 is 47.3 Å². The van der Waals surface area contributed by atoms with E-state index in [1.165, 1.54) is 14.2 Å². The molecule has 3 rings (SSSR count). The average molecular weight is 460 g/mol. The summed E-state index contributed by atoms with van der Waals surface area (Å²) in [6.07, 6.45) is -8.14. The van der Waals surface area contributed by atoms with Gasteiger partial charge in [0.15, 0.2) is 11.5 Å². The van der Waals surface area contributed by atoms with Gasteiger partial charge in [0.05, 0.1) is 31.2 Å². The minimum Gasteiger partial charge on any atom is -0.493 e. The van der Waals surface area contributed by atoms with Gasteiger partial charge >= 0.3 is 12.1 Å². The Balaban J connectivity index is 2.25. The standard InChI is InChI=1S/C20H17ClF3NO6/c1-29-14-5-3-4-9(18(14)30-2)17-10-6-12(21)11(20(22,23)24)7-13(10)25-19(28)15(31-17)8-16(26)27/h3-7,15,17H,8H2,1-2H3,(H,25,28)(H,26,27)/t15-,17-/m0/s1. The van der Waals surface area contributed by atoms with E-state index in [4.69, 9.17) is 30.9 Å². The van der Waals surface area contributed by atoms with E-state index in [2.05, 4.69) is 5.32 Å². The number of carboxylic acids is 1. The molecular weight excluding hydrogens is 443 g/mol. The summed E-state index contributed by atoms with van der Waals surface area (Å²) in [7, 11) is 2.76. The van der Waals surface area contributed by atoms with Crippen molar-refractivity contribution >= 4 is 29.2 Å². The summed E-state index contributed by atoms with van der Waals surface area (Å²) in [6, 6.07) is 6.49. The van der Waals surface area contributed by atoms with Gasteiger partial charge < -0.3 is 24.6 Å². The van der Waals surface area contributed by atoms with Crippen LogP contribution in [0, 0.1) is 0 Å². The van der Waals surface area contributed by atoms with Crippen molar-refractivity contribution in [2.45, 2.75) is 24.8 Å². The monoisotopic (exact) mass is 459 g/mol. The quantitative estimate of drug-likeness (QED) is 0.693. The molecule has 1 amide bonds. The lowest BCUT2D eigenvalue weighted by Gasteiger charge is -2.24.